The van der Waals surface area contributed by atoms with Crippen LogP contribution in [0.1, 0.15) is 16.1 Å². The number of carbonyl (C=O) groups is 1. The maximum atomic E-state index is 12.3. The minimum absolute atomic E-state index is 0.0355. The van der Waals surface area contributed by atoms with Gasteiger partial charge in [0.1, 0.15) is 4.88 Å². The number of hydrogen-bond donors (Lipinski definition) is 2. The molecular formula is C12H19N3O2S. The summed E-state index contributed by atoms with van der Waals surface area (Å²) >= 11 is 1.40. The van der Waals surface area contributed by atoms with Gasteiger partial charge in [-0.3, -0.25) is 9.69 Å². The number of aliphatic hydroxyl groups excluding tert-OH is 1. The Labute approximate surface area is 111 Å². The van der Waals surface area contributed by atoms with Gasteiger partial charge in [0.2, 0.25) is 0 Å². The van der Waals surface area contributed by atoms with Crippen molar-refractivity contribution in [3.05, 3.63) is 16.3 Å². The number of nitrogens with zero attached hydrogens (tertiary/aromatic N) is 2. The van der Waals surface area contributed by atoms with E-state index in [1.165, 1.54) is 11.3 Å². The summed E-state index contributed by atoms with van der Waals surface area (Å²) in [6.45, 7) is 4.07. The Morgan fingerprint density at radius 2 is 2.22 bits per heavy atom. The summed E-state index contributed by atoms with van der Waals surface area (Å²) in [7, 11) is 0. The first kappa shape index (κ1) is 13.3. The van der Waals surface area contributed by atoms with Crippen molar-refractivity contribution < 1.29 is 9.90 Å². The minimum Gasteiger partial charge on any atom is -0.397 e. The van der Waals surface area contributed by atoms with E-state index in [1.807, 2.05) is 10.3 Å². The van der Waals surface area contributed by atoms with E-state index in [4.69, 9.17) is 10.8 Å². The molecule has 1 saturated heterocycles. The second-order valence-electron chi connectivity index (χ2n) is 4.42. The van der Waals surface area contributed by atoms with Crippen LogP contribution >= 0.6 is 11.3 Å². The molecule has 1 aromatic heterocycles. The molecule has 100 valence electrons. The minimum atomic E-state index is 0.0355. The number of amides is 1. The highest BCUT2D eigenvalue weighted by Crippen LogP contribution is 2.21. The summed E-state index contributed by atoms with van der Waals surface area (Å²) in [5.41, 5.74) is 6.35. The van der Waals surface area contributed by atoms with Crippen LogP contribution in [0.25, 0.3) is 0 Å². The van der Waals surface area contributed by atoms with Crippen LogP contribution < -0.4 is 5.73 Å². The highest BCUT2D eigenvalue weighted by Gasteiger charge is 2.22. The number of carbonyl (C=O) groups excluding carboxylic acids is 1. The normalized spacial score (nSPS) is 17.7. The average Bonchev–Trinajstić information content (AvgIpc) is 2.64. The maximum absolute atomic E-state index is 12.3. The second kappa shape index (κ2) is 6.17. The van der Waals surface area contributed by atoms with E-state index >= 15 is 0 Å². The lowest BCUT2D eigenvalue weighted by molar-refractivity contribution is 0.0766. The molecule has 2 heterocycles. The quantitative estimate of drug-likeness (QED) is 0.837. The van der Waals surface area contributed by atoms with Gasteiger partial charge < -0.3 is 15.7 Å². The average molecular weight is 269 g/mol. The van der Waals surface area contributed by atoms with E-state index in [1.54, 1.807) is 6.07 Å². The molecule has 1 aliphatic rings. The number of rotatable bonds is 3. The van der Waals surface area contributed by atoms with E-state index in [0.29, 0.717) is 23.7 Å². The van der Waals surface area contributed by atoms with E-state index in [-0.39, 0.29) is 12.5 Å². The van der Waals surface area contributed by atoms with Gasteiger partial charge >= 0.3 is 0 Å². The van der Waals surface area contributed by atoms with Crippen molar-refractivity contribution in [3.8, 4) is 0 Å². The molecule has 0 aliphatic carbocycles. The number of β-amino-alcohol motifs (C(OH)–C–C–N with tert-alkyl or cyclic N) is 1. The molecule has 1 aliphatic heterocycles. The SMILES string of the molecule is Nc1ccsc1C(=O)N1CCCN(CCO)CC1. The molecule has 18 heavy (non-hydrogen) atoms. The Bertz CT molecular complexity index is 408. The van der Waals surface area contributed by atoms with Gasteiger partial charge in [-0.25, -0.2) is 0 Å². The predicted molar refractivity (Wildman–Crippen MR) is 72.8 cm³/mol. The van der Waals surface area contributed by atoms with Gasteiger partial charge in [0.05, 0.1) is 12.3 Å². The van der Waals surface area contributed by atoms with E-state index in [9.17, 15) is 4.79 Å². The number of thiophene rings is 1. The zero-order valence-corrected chi connectivity index (χ0v) is 11.2. The summed E-state index contributed by atoms with van der Waals surface area (Å²) in [5, 5.41) is 10.8. The fraction of sp³-hybridized carbons (Fsp3) is 0.583. The Kier molecular flexibility index (Phi) is 4.57. The summed E-state index contributed by atoms with van der Waals surface area (Å²) in [6, 6.07) is 1.77. The molecule has 0 aromatic carbocycles. The summed E-state index contributed by atoms with van der Waals surface area (Å²) in [5.74, 6) is 0.0355. The second-order valence-corrected chi connectivity index (χ2v) is 5.33. The van der Waals surface area contributed by atoms with Gasteiger partial charge in [0.25, 0.3) is 5.91 Å². The molecule has 0 unspecified atom stereocenters. The first-order chi connectivity index (χ1) is 8.72. The van der Waals surface area contributed by atoms with E-state index < -0.39 is 0 Å². The third-order valence-electron chi connectivity index (χ3n) is 3.18. The molecule has 1 aromatic rings. The van der Waals surface area contributed by atoms with Crippen LogP contribution in [0.2, 0.25) is 0 Å². The third kappa shape index (κ3) is 3.01. The van der Waals surface area contributed by atoms with E-state index in [2.05, 4.69) is 4.90 Å². The third-order valence-corrected chi connectivity index (χ3v) is 4.10. The molecule has 0 saturated carbocycles. The summed E-state index contributed by atoms with van der Waals surface area (Å²) in [6.07, 6.45) is 0.941. The van der Waals surface area contributed by atoms with Crippen LogP contribution in [0.4, 0.5) is 5.69 Å². The molecule has 6 heteroatoms. The number of aliphatic hydroxyl groups is 1. The molecule has 0 atom stereocenters. The standard InChI is InChI=1S/C12H19N3O2S/c13-10-2-9-18-11(10)12(17)15-4-1-3-14(5-6-15)7-8-16/h2,9,16H,1,3-8,13H2. The highest BCUT2D eigenvalue weighted by atomic mass is 32.1. The highest BCUT2D eigenvalue weighted by molar-refractivity contribution is 7.12. The van der Waals surface area contributed by atoms with Gasteiger partial charge in [0, 0.05) is 26.2 Å². The number of nitrogen functional groups attached to an aromatic ring is 1. The number of anilines is 1. The van der Waals surface area contributed by atoms with Gasteiger partial charge in [0.15, 0.2) is 0 Å². The van der Waals surface area contributed by atoms with Gasteiger partial charge in [-0.1, -0.05) is 0 Å². The van der Waals surface area contributed by atoms with Crippen LogP contribution in [-0.4, -0.2) is 60.1 Å². The fourth-order valence-electron chi connectivity index (χ4n) is 2.18. The molecule has 0 bridgehead atoms. The lowest BCUT2D eigenvalue weighted by Crippen LogP contribution is -2.35. The van der Waals surface area contributed by atoms with Crippen LogP contribution in [0.5, 0.6) is 0 Å². The Morgan fingerprint density at radius 1 is 1.39 bits per heavy atom. The monoisotopic (exact) mass is 269 g/mol. The first-order valence-corrected chi connectivity index (χ1v) is 7.06. The van der Waals surface area contributed by atoms with Crippen molar-refractivity contribution in [3.63, 3.8) is 0 Å². The molecule has 5 nitrogen and oxygen atoms in total. The molecule has 1 amide bonds. The van der Waals surface area contributed by atoms with Gasteiger partial charge in [-0.2, -0.15) is 0 Å². The molecule has 2 rings (SSSR count). The van der Waals surface area contributed by atoms with Crippen molar-refractivity contribution in [2.24, 2.45) is 0 Å². The Morgan fingerprint density at radius 3 is 2.89 bits per heavy atom. The van der Waals surface area contributed by atoms with Crippen LogP contribution in [-0.2, 0) is 0 Å². The Hall–Kier alpha value is -1.11. The number of hydrogen-bond acceptors (Lipinski definition) is 5. The zero-order chi connectivity index (χ0) is 13.0. The van der Waals surface area contributed by atoms with Crippen molar-refractivity contribution in [2.75, 3.05) is 45.1 Å². The zero-order valence-electron chi connectivity index (χ0n) is 10.3. The van der Waals surface area contributed by atoms with Crippen LogP contribution in [0, 0.1) is 0 Å². The van der Waals surface area contributed by atoms with Gasteiger partial charge in [-0.15, -0.1) is 11.3 Å². The van der Waals surface area contributed by atoms with Crippen molar-refractivity contribution in [1.29, 1.82) is 0 Å². The first-order valence-electron chi connectivity index (χ1n) is 6.18. The van der Waals surface area contributed by atoms with Crippen molar-refractivity contribution >= 4 is 22.9 Å². The molecule has 1 fully saturated rings. The summed E-state index contributed by atoms with van der Waals surface area (Å²) < 4.78 is 0. The lowest BCUT2D eigenvalue weighted by atomic mass is 10.3. The van der Waals surface area contributed by atoms with Crippen molar-refractivity contribution in [2.45, 2.75) is 6.42 Å². The predicted octanol–water partition coefficient (Wildman–Crippen LogP) is 0.470. The largest absolute Gasteiger partial charge is 0.397 e. The molecular weight excluding hydrogens is 250 g/mol. The smallest absolute Gasteiger partial charge is 0.266 e. The molecule has 0 spiro atoms. The lowest BCUT2D eigenvalue weighted by Gasteiger charge is -2.21. The topological polar surface area (TPSA) is 69.8 Å². The number of nitrogens with two attached hydrogens (primary N) is 1. The van der Waals surface area contributed by atoms with E-state index in [0.717, 1.165) is 26.1 Å². The van der Waals surface area contributed by atoms with Crippen LogP contribution in [0.15, 0.2) is 11.4 Å². The van der Waals surface area contributed by atoms with Gasteiger partial charge in [-0.05, 0) is 24.4 Å². The van der Waals surface area contributed by atoms with Crippen LogP contribution in [0.3, 0.4) is 0 Å². The van der Waals surface area contributed by atoms with Crippen molar-refractivity contribution in [1.82, 2.24) is 9.80 Å². The molecule has 0 radical (unpaired) electrons. The summed E-state index contributed by atoms with van der Waals surface area (Å²) in [4.78, 5) is 17.0. The Balaban J connectivity index is 1.98. The molecule has 3 N–H and O–H groups in total. The fourth-order valence-corrected chi connectivity index (χ4v) is 2.96. The maximum Gasteiger partial charge on any atom is 0.266 e.